The van der Waals surface area contributed by atoms with Crippen LogP contribution in [-0.4, -0.2) is 23.6 Å². The second kappa shape index (κ2) is 7.98. The van der Waals surface area contributed by atoms with Gasteiger partial charge in [-0.05, 0) is 41.7 Å². The molecule has 1 fully saturated rings. The number of rotatable bonds is 7. The van der Waals surface area contributed by atoms with E-state index < -0.39 is 12.6 Å². The molecule has 2 unspecified atom stereocenters. The molecule has 0 aliphatic heterocycles. The molecule has 26 heavy (non-hydrogen) atoms. The first-order valence-electron chi connectivity index (χ1n) is 8.11. The molecule has 0 saturated heterocycles. The van der Waals surface area contributed by atoms with Gasteiger partial charge in [-0.15, -0.1) is 0 Å². The van der Waals surface area contributed by atoms with Crippen LogP contribution in [0.1, 0.15) is 23.5 Å². The van der Waals surface area contributed by atoms with Crippen LogP contribution in [0.2, 0.25) is 10.0 Å². The van der Waals surface area contributed by atoms with E-state index in [1.165, 1.54) is 0 Å². The van der Waals surface area contributed by atoms with Gasteiger partial charge in [0.1, 0.15) is 5.75 Å². The second-order valence-corrected chi connectivity index (χ2v) is 6.92. The lowest BCUT2D eigenvalue weighted by molar-refractivity contribution is -0.139. The molecule has 1 amide bonds. The Morgan fingerprint density at radius 1 is 1.19 bits per heavy atom. The van der Waals surface area contributed by atoms with E-state index in [0.717, 1.165) is 17.5 Å². The highest BCUT2D eigenvalue weighted by molar-refractivity contribution is 6.42. The zero-order valence-corrected chi connectivity index (χ0v) is 15.3. The average Bonchev–Trinajstić information content (AvgIpc) is 3.41. The molecule has 0 spiro atoms. The van der Waals surface area contributed by atoms with Gasteiger partial charge in [-0.25, -0.2) is 4.79 Å². The molecule has 0 radical (unpaired) electrons. The van der Waals surface area contributed by atoms with Gasteiger partial charge in [-0.1, -0.05) is 47.5 Å². The Bertz CT molecular complexity index is 840. The third-order valence-electron chi connectivity index (χ3n) is 4.24. The van der Waals surface area contributed by atoms with Crippen molar-refractivity contribution in [1.82, 2.24) is 5.32 Å². The summed E-state index contributed by atoms with van der Waals surface area (Å²) in [7, 11) is 0. The van der Waals surface area contributed by atoms with Gasteiger partial charge in [0.05, 0.1) is 10.0 Å². The summed E-state index contributed by atoms with van der Waals surface area (Å²) >= 11 is 12.3. The zero-order chi connectivity index (χ0) is 18.7. The van der Waals surface area contributed by atoms with Gasteiger partial charge in [-0.2, -0.15) is 0 Å². The highest BCUT2D eigenvalue weighted by Gasteiger charge is 2.44. The minimum atomic E-state index is -1.04. The van der Waals surface area contributed by atoms with E-state index >= 15 is 0 Å². The number of halogens is 2. The number of carboxylic acids is 1. The van der Waals surface area contributed by atoms with Crippen molar-refractivity contribution < 1.29 is 19.4 Å². The Balaban J connectivity index is 1.54. The fourth-order valence-electron chi connectivity index (χ4n) is 2.85. The number of nitrogens with one attached hydrogen (secondary N) is 1. The number of carbonyl (C=O) groups excluding carboxylic acids is 1. The van der Waals surface area contributed by atoms with Crippen molar-refractivity contribution in [1.29, 1.82) is 0 Å². The standard InChI is InChI=1S/C19H17Cl2NO4/c20-16-6-2-5-13(18(16)21)14-8-15(14)19(25)22-9-11-3-1-4-12(7-11)26-10-17(23)24/h1-7,14-15H,8-10H2,(H,22,25)(H,23,24). The Hall–Kier alpha value is -2.24. The molecule has 5 nitrogen and oxygen atoms in total. The predicted octanol–water partition coefficient (Wildman–Crippen LogP) is 3.88. The predicted molar refractivity (Wildman–Crippen MR) is 98.7 cm³/mol. The second-order valence-electron chi connectivity index (χ2n) is 6.14. The van der Waals surface area contributed by atoms with E-state index in [9.17, 15) is 9.59 Å². The summed E-state index contributed by atoms with van der Waals surface area (Å²) in [6, 6.07) is 12.4. The summed E-state index contributed by atoms with van der Waals surface area (Å²) in [5, 5.41) is 12.5. The number of carboxylic acid groups (broad SMARTS) is 1. The van der Waals surface area contributed by atoms with E-state index in [1.807, 2.05) is 18.2 Å². The van der Waals surface area contributed by atoms with E-state index in [1.54, 1.807) is 24.3 Å². The molecule has 2 N–H and O–H groups in total. The third-order valence-corrected chi connectivity index (χ3v) is 5.07. The number of carbonyl (C=O) groups is 2. The van der Waals surface area contributed by atoms with Crippen molar-refractivity contribution in [2.75, 3.05) is 6.61 Å². The molecule has 136 valence electrons. The molecule has 2 atom stereocenters. The maximum absolute atomic E-state index is 12.4. The van der Waals surface area contributed by atoms with Crippen molar-refractivity contribution in [3.8, 4) is 5.75 Å². The first-order chi connectivity index (χ1) is 12.5. The summed E-state index contributed by atoms with van der Waals surface area (Å²) in [6.07, 6.45) is 0.744. The maximum Gasteiger partial charge on any atom is 0.341 e. The van der Waals surface area contributed by atoms with Crippen molar-refractivity contribution in [3.05, 3.63) is 63.6 Å². The molecular weight excluding hydrogens is 377 g/mol. The van der Waals surface area contributed by atoms with Gasteiger partial charge in [0.15, 0.2) is 6.61 Å². The quantitative estimate of drug-likeness (QED) is 0.748. The molecule has 0 heterocycles. The third kappa shape index (κ3) is 4.48. The first kappa shape index (κ1) is 18.5. The van der Waals surface area contributed by atoms with Crippen LogP contribution in [0.25, 0.3) is 0 Å². The highest BCUT2D eigenvalue weighted by Crippen LogP contribution is 2.50. The van der Waals surface area contributed by atoms with Crippen molar-refractivity contribution in [2.45, 2.75) is 18.9 Å². The fraction of sp³-hybridized carbons (Fsp3) is 0.263. The minimum Gasteiger partial charge on any atom is -0.482 e. The lowest BCUT2D eigenvalue weighted by Crippen LogP contribution is -2.24. The van der Waals surface area contributed by atoms with Crippen LogP contribution in [0.5, 0.6) is 5.75 Å². The molecule has 2 aromatic carbocycles. The molecule has 7 heteroatoms. The zero-order valence-electron chi connectivity index (χ0n) is 13.7. The Morgan fingerprint density at radius 2 is 1.96 bits per heavy atom. The Kier molecular flexibility index (Phi) is 5.69. The lowest BCUT2D eigenvalue weighted by Gasteiger charge is -2.08. The minimum absolute atomic E-state index is 0.0390. The van der Waals surface area contributed by atoms with Gasteiger partial charge in [0, 0.05) is 12.5 Å². The Labute approximate surface area is 160 Å². The maximum atomic E-state index is 12.4. The SMILES string of the molecule is O=C(O)COc1cccc(CNC(=O)C2CC2c2cccc(Cl)c2Cl)c1. The van der Waals surface area contributed by atoms with Gasteiger partial charge in [0.2, 0.25) is 5.91 Å². The van der Waals surface area contributed by atoms with Gasteiger partial charge < -0.3 is 15.2 Å². The van der Waals surface area contributed by atoms with Crippen LogP contribution < -0.4 is 10.1 Å². The molecular formula is C19H17Cl2NO4. The van der Waals surface area contributed by atoms with Crippen LogP contribution >= 0.6 is 23.2 Å². The van der Waals surface area contributed by atoms with Crippen LogP contribution in [0.15, 0.2) is 42.5 Å². The molecule has 1 saturated carbocycles. The summed E-state index contributed by atoms with van der Waals surface area (Å²) in [5.41, 5.74) is 1.74. The lowest BCUT2D eigenvalue weighted by atomic mass is 10.1. The average molecular weight is 394 g/mol. The van der Waals surface area contributed by atoms with Crippen molar-refractivity contribution in [2.24, 2.45) is 5.92 Å². The molecule has 2 aromatic rings. The normalized spacial score (nSPS) is 18.2. The van der Waals surface area contributed by atoms with E-state index in [0.29, 0.717) is 22.3 Å². The number of benzene rings is 2. The van der Waals surface area contributed by atoms with E-state index in [-0.39, 0.29) is 17.7 Å². The smallest absolute Gasteiger partial charge is 0.341 e. The first-order valence-corrected chi connectivity index (χ1v) is 8.86. The highest BCUT2D eigenvalue weighted by atomic mass is 35.5. The number of hydrogen-bond donors (Lipinski definition) is 2. The van der Waals surface area contributed by atoms with Crippen molar-refractivity contribution in [3.63, 3.8) is 0 Å². The summed E-state index contributed by atoms with van der Waals surface area (Å²) in [6.45, 7) is -0.0600. The van der Waals surface area contributed by atoms with Gasteiger partial charge in [0.25, 0.3) is 0 Å². The molecule has 1 aliphatic rings. The molecule has 3 rings (SSSR count). The number of hydrogen-bond acceptors (Lipinski definition) is 3. The molecule has 0 aromatic heterocycles. The molecule has 1 aliphatic carbocycles. The number of amides is 1. The summed E-state index contributed by atoms with van der Waals surface area (Å²) < 4.78 is 5.13. The van der Waals surface area contributed by atoms with Crippen LogP contribution in [-0.2, 0) is 16.1 Å². The fourth-order valence-corrected chi connectivity index (χ4v) is 3.29. The van der Waals surface area contributed by atoms with E-state index in [4.69, 9.17) is 33.0 Å². The topological polar surface area (TPSA) is 75.6 Å². The van der Waals surface area contributed by atoms with Gasteiger partial charge in [-0.3, -0.25) is 4.79 Å². The monoisotopic (exact) mass is 393 g/mol. The summed E-state index contributed by atoms with van der Waals surface area (Å²) in [5.74, 6) is -0.649. The largest absolute Gasteiger partial charge is 0.482 e. The van der Waals surface area contributed by atoms with Crippen LogP contribution in [0, 0.1) is 5.92 Å². The van der Waals surface area contributed by atoms with Gasteiger partial charge >= 0.3 is 5.97 Å². The van der Waals surface area contributed by atoms with Crippen molar-refractivity contribution >= 4 is 35.1 Å². The number of aliphatic carboxylic acids is 1. The van der Waals surface area contributed by atoms with E-state index in [2.05, 4.69) is 5.32 Å². The van der Waals surface area contributed by atoms with Crippen LogP contribution in [0.3, 0.4) is 0 Å². The molecule has 0 bridgehead atoms. The summed E-state index contributed by atoms with van der Waals surface area (Å²) in [4.78, 5) is 22.9. The Morgan fingerprint density at radius 3 is 2.73 bits per heavy atom. The number of ether oxygens (including phenoxy) is 1. The van der Waals surface area contributed by atoms with Crippen LogP contribution in [0.4, 0.5) is 0 Å².